The molecule has 2 N–H and O–H groups in total. The summed E-state index contributed by atoms with van der Waals surface area (Å²) in [5, 5.41) is 3.41. The molecule has 1 radical (unpaired) electrons. The Morgan fingerprint density at radius 1 is 1.71 bits per heavy atom. The van der Waals surface area contributed by atoms with Crippen molar-refractivity contribution in [1.82, 2.24) is 5.32 Å². The average Bonchev–Trinajstić information content (AvgIpc) is 1.65. The molecule has 0 aliphatic heterocycles. The molecule has 0 rings (SSSR count). The van der Waals surface area contributed by atoms with Crippen molar-refractivity contribution < 1.29 is 37.7 Å². The number of nitrogens with one attached hydrogen (secondary N) is 2. The van der Waals surface area contributed by atoms with Gasteiger partial charge in [-0.25, -0.2) is 0 Å². The standard InChI is InChI=1S/C3H8N2S.Y/c1-4-3(6)5-2;/h1-2H3,(H2,4,5,6);. The second-order valence-corrected chi connectivity index (χ2v) is 1.24. The first kappa shape index (κ1) is 10.7. The fraction of sp³-hybridized carbons (Fsp3) is 0.667. The van der Waals surface area contributed by atoms with Crippen molar-refractivity contribution in [2.45, 2.75) is 0 Å². The largest absolute Gasteiger partial charge is 0.693 e. The molecule has 4 heteroatoms. The summed E-state index contributed by atoms with van der Waals surface area (Å²) in [4.78, 5) is 2.73. The fourth-order valence-electron chi connectivity index (χ4n) is 0.125. The van der Waals surface area contributed by atoms with Gasteiger partial charge in [-0.05, 0) is 0 Å². The van der Waals surface area contributed by atoms with Gasteiger partial charge in [0.05, 0.1) is 14.1 Å². The molecule has 39 valence electrons. The Hall–Kier alpha value is 0.794. The van der Waals surface area contributed by atoms with E-state index in [0.29, 0.717) is 5.17 Å². The number of amidine groups is 1. The zero-order valence-corrected chi connectivity index (χ0v) is 8.14. The van der Waals surface area contributed by atoms with Crippen LogP contribution < -0.4 is 10.3 Å². The molecule has 0 amide bonds. The third-order valence-corrected chi connectivity index (χ3v) is 0.862. The van der Waals surface area contributed by atoms with Gasteiger partial charge in [-0.15, -0.1) is 0 Å². The summed E-state index contributed by atoms with van der Waals surface area (Å²) in [6.45, 7) is 0. The van der Waals surface area contributed by atoms with Crippen molar-refractivity contribution in [3.63, 3.8) is 0 Å². The van der Waals surface area contributed by atoms with Gasteiger partial charge in [0.25, 0.3) is 0 Å². The monoisotopic (exact) mass is 193 g/mol. The Morgan fingerprint density at radius 2 is 2.14 bits per heavy atom. The fourth-order valence-corrected chi connectivity index (χ4v) is 0.125. The second kappa shape index (κ2) is 6.79. The molecule has 0 saturated heterocycles. The molecule has 0 atom stereocenters. The molecule has 2 nitrogen and oxygen atoms in total. The van der Waals surface area contributed by atoms with E-state index < -0.39 is 0 Å². The zero-order valence-electron chi connectivity index (χ0n) is 4.49. The van der Waals surface area contributed by atoms with Crippen LogP contribution in [0.3, 0.4) is 0 Å². The van der Waals surface area contributed by atoms with Gasteiger partial charge < -0.3 is 22.9 Å². The normalized spacial score (nSPS) is 9.71. The van der Waals surface area contributed by atoms with Crippen LogP contribution in [0.1, 0.15) is 0 Å². The molecule has 0 bridgehead atoms. The molecule has 0 unspecified atom stereocenters. The van der Waals surface area contributed by atoms with E-state index in [-0.39, 0.29) is 32.7 Å². The van der Waals surface area contributed by atoms with Gasteiger partial charge in [-0.2, -0.15) is 0 Å². The molecule has 0 aliphatic carbocycles. The van der Waals surface area contributed by atoms with Gasteiger partial charge in [-0.1, -0.05) is 0 Å². The van der Waals surface area contributed by atoms with Crippen LogP contribution in [0.5, 0.6) is 0 Å². The molecule has 0 saturated carbocycles. The van der Waals surface area contributed by atoms with Gasteiger partial charge in [0.1, 0.15) is 5.17 Å². The molecule has 0 fully saturated rings. The first-order chi connectivity index (χ1) is 2.81. The maximum absolute atomic E-state index is 4.63. The molecule has 0 aromatic carbocycles. The summed E-state index contributed by atoms with van der Waals surface area (Å²) in [5.41, 5.74) is 0. The van der Waals surface area contributed by atoms with E-state index in [2.05, 4.69) is 22.9 Å². The minimum absolute atomic E-state index is 0. The number of rotatable bonds is 0. The molecule has 0 heterocycles. The van der Waals surface area contributed by atoms with E-state index in [4.69, 9.17) is 0 Å². The predicted molar refractivity (Wildman–Crippen MR) is 28.3 cm³/mol. The van der Waals surface area contributed by atoms with Crippen molar-refractivity contribution in [3.8, 4) is 0 Å². The van der Waals surface area contributed by atoms with E-state index in [1.54, 1.807) is 14.1 Å². The minimum atomic E-state index is 0. The van der Waals surface area contributed by atoms with Crippen LogP contribution >= 0.6 is 0 Å². The SMILES string of the molecule is CNC([S-])=[NH+]C.[Y]. The number of hydrogen-bond acceptors (Lipinski definition) is 1. The topological polar surface area (TPSA) is 26.0 Å². The van der Waals surface area contributed by atoms with Crippen LogP contribution in [-0.4, -0.2) is 19.3 Å². The summed E-state index contributed by atoms with van der Waals surface area (Å²) in [6.07, 6.45) is 0. The number of hydrogen-bond donors (Lipinski definition) is 2. The summed E-state index contributed by atoms with van der Waals surface area (Å²) >= 11 is 4.63. The molecular formula is C3H8N2SY. The van der Waals surface area contributed by atoms with Crippen LogP contribution in [0.25, 0.3) is 0 Å². The van der Waals surface area contributed by atoms with Crippen molar-refractivity contribution in [2.75, 3.05) is 14.1 Å². The summed E-state index contributed by atoms with van der Waals surface area (Å²) in [7, 11) is 3.55. The van der Waals surface area contributed by atoms with Crippen LogP contribution in [0.2, 0.25) is 0 Å². The van der Waals surface area contributed by atoms with Gasteiger partial charge >= 0.3 is 0 Å². The van der Waals surface area contributed by atoms with Crippen LogP contribution in [0.15, 0.2) is 0 Å². The minimum Gasteiger partial charge on any atom is -0.693 e. The zero-order chi connectivity index (χ0) is 4.99. The molecular weight excluding hydrogens is 185 g/mol. The van der Waals surface area contributed by atoms with Gasteiger partial charge in [0.15, 0.2) is 0 Å². The smallest absolute Gasteiger partial charge is 0.121 e. The predicted octanol–water partition coefficient (Wildman–Crippen LogP) is -2.18. The van der Waals surface area contributed by atoms with Crippen molar-refractivity contribution in [3.05, 3.63) is 0 Å². The Balaban J connectivity index is 0. The van der Waals surface area contributed by atoms with E-state index in [1.807, 2.05) is 0 Å². The van der Waals surface area contributed by atoms with E-state index >= 15 is 0 Å². The average molecular weight is 193 g/mol. The molecule has 0 aromatic heterocycles. The maximum atomic E-state index is 4.63. The third-order valence-electron chi connectivity index (χ3n) is 0.454. The second-order valence-electron chi connectivity index (χ2n) is 0.829. The van der Waals surface area contributed by atoms with Gasteiger partial charge in [-0.3, -0.25) is 0 Å². The van der Waals surface area contributed by atoms with Crippen molar-refractivity contribution in [1.29, 1.82) is 0 Å². The summed E-state index contributed by atoms with van der Waals surface area (Å²) < 4.78 is 0. The molecule has 7 heavy (non-hydrogen) atoms. The van der Waals surface area contributed by atoms with E-state index in [9.17, 15) is 0 Å². The van der Waals surface area contributed by atoms with Crippen LogP contribution in [0, 0.1) is 0 Å². The quantitative estimate of drug-likeness (QED) is 0.260. The van der Waals surface area contributed by atoms with Crippen LogP contribution in [0.4, 0.5) is 0 Å². The van der Waals surface area contributed by atoms with Crippen molar-refractivity contribution in [2.24, 2.45) is 0 Å². The Bertz CT molecular complexity index is 64.0. The van der Waals surface area contributed by atoms with E-state index in [1.165, 1.54) is 0 Å². The maximum Gasteiger partial charge on any atom is 0.121 e. The van der Waals surface area contributed by atoms with E-state index in [0.717, 1.165) is 0 Å². The Labute approximate surface area is 74.5 Å². The van der Waals surface area contributed by atoms with Gasteiger partial charge in [0.2, 0.25) is 0 Å². The Morgan fingerprint density at radius 3 is 2.14 bits per heavy atom. The van der Waals surface area contributed by atoms with Crippen molar-refractivity contribution >= 4 is 17.8 Å². The first-order valence-corrected chi connectivity index (χ1v) is 2.11. The van der Waals surface area contributed by atoms with Gasteiger partial charge in [0, 0.05) is 32.7 Å². The molecule has 0 spiro atoms. The third kappa shape index (κ3) is 6.79. The summed E-state index contributed by atoms with van der Waals surface area (Å²) in [6, 6.07) is 0. The van der Waals surface area contributed by atoms with Crippen LogP contribution in [-0.2, 0) is 45.3 Å². The molecule has 0 aliphatic rings. The first-order valence-electron chi connectivity index (χ1n) is 1.70. The summed E-state index contributed by atoms with van der Waals surface area (Å²) in [5.74, 6) is 0. The Kier molecular flexibility index (Phi) is 10.4. The molecule has 0 aromatic rings.